The van der Waals surface area contributed by atoms with Crippen LogP contribution in [-0.2, 0) is 11.2 Å². The Bertz CT molecular complexity index is 1440. The van der Waals surface area contributed by atoms with E-state index in [2.05, 4.69) is 44.1 Å². The Kier molecular flexibility index (Phi) is 6.75. The zero-order valence-corrected chi connectivity index (χ0v) is 21.3. The number of hydrogen-bond donors (Lipinski definition) is 5. The number of benzene rings is 1. The Morgan fingerprint density at radius 1 is 1.11 bits per heavy atom. The fraction of sp³-hybridized carbons (Fsp3) is 0.310. The summed E-state index contributed by atoms with van der Waals surface area (Å²) in [5.74, 6) is 1.20. The first-order valence-corrected chi connectivity index (χ1v) is 13.2. The van der Waals surface area contributed by atoms with Gasteiger partial charge in [-0.05, 0) is 67.8 Å². The van der Waals surface area contributed by atoms with E-state index in [1.54, 1.807) is 6.20 Å². The number of carbonyl (C=O) groups is 1. The van der Waals surface area contributed by atoms with Gasteiger partial charge < -0.3 is 26.7 Å². The van der Waals surface area contributed by atoms with Crippen LogP contribution in [0.4, 0.5) is 11.4 Å². The highest BCUT2D eigenvalue weighted by atomic mass is 16.1. The van der Waals surface area contributed by atoms with Crippen molar-refractivity contribution in [1.29, 1.82) is 0 Å². The van der Waals surface area contributed by atoms with Crippen molar-refractivity contribution in [3.8, 4) is 11.1 Å². The monoisotopic (exact) mass is 508 g/mol. The number of anilines is 2. The summed E-state index contributed by atoms with van der Waals surface area (Å²) in [6, 6.07) is 8.23. The number of rotatable bonds is 5. The number of fused-ring (bicyclic) bond motifs is 2. The summed E-state index contributed by atoms with van der Waals surface area (Å²) in [4.78, 5) is 30.3. The molecule has 0 spiro atoms. The minimum Gasteiger partial charge on any atom is -0.402 e. The standard InChI is InChI=1S/C29H32N8O/c30-21-2-1-3-25-26(15-21)37-29(36-25)28-23-14-19(4-5-24(23)33-10-11-34-28)20-13-22(17-32-16-20)35-27(38)12-18-6-8-31-9-7-18/h1-5,13-14,16-18,31,33H,6-12,15,30H2,(H,35,38)(H,36,37). The van der Waals surface area contributed by atoms with E-state index < -0.39 is 0 Å². The molecule has 0 atom stereocenters. The predicted octanol–water partition coefficient (Wildman–Crippen LogP) is 3.47. The van der Waals surface area contributed by atoms with Crippen LogP contribution < -0.4 is 21.7 Å². The molecule has 0 radical (unpaired) electrons. The second-order valence-electron chi connectivity index (χ2n) is 10.1. The Morgan fingerprint density at radius 3 is 2.89 bits per heavy atom. The maximum absolute atomic E-state index is 12.7. The molecule has 1 aromatic carbocycles. The first-order chi connectivity index (χ1) is 18.6. The van der Waals surface area contributed by atoms with Gasteiger partial charge in [0.05, 0.1) is 24.1 Å². The summed E-state index contributed by atoms with van der Waals surface area (Å²) in [7, 11) is 0. The van der Waals surface area contributed by atoms with E-state index in [0.717, 1.165) is 83.5 Å². The number of pyridine rings is 1. The van der Waals surface area contributed by atoms with Crippen LogP contribution in [0.3, 0.4) is 0 Å². The average Bonchev–Trinajstić information content (AvgIpc) is 3.07. The number of nitrogens with one attached hydrogen (secondary N) is 4. The minimum atomic E-state index is 0.0403. The van der Waals surface area contributed by atoms with Gasteiger partial charge >= 0.3 is 0 Å². The van der Waals surface area contributed by atoms with Crippen molar-refractivity contribution in [3.63, 3.8) is 0 Å². The quantitative estimate of drug-likeness (QED) is 0.358. The maximum Gasteiger partial charge on any atom is 0.224 e. The first kappa shape index (κ1) is 24.1. The molecule has 2 aromatic heterocycles. The first-order valence-electron chi connectivity index (χ1n) is 13.2. The number of nitrogens with zero attached hydrogens (tertiary/aromatic N) is 3. The number of nitrogens with two attached hydrogens (primary N) is 1. The molecule has 194 valence electrons. The summed E-state index contributed by atoms with van der Waals surface area (Å²) >= 11 is 0. The summed E-state index contributed by atoms with van der Waals surface area (Å²) < 4.78 is 0. The number of H-pyrrole nitrogens is 1. The molecule has 3 aromatic rings. The molecule has 9 nitrogen and oxygen atoms in total. The number of imidazole rings is 1. The van der Waals surface area contributed by atoms with Crippen molar-refractivity contribution in [2.75, 3.05) is 36.8 Å². The predicted molar refractivity (Wildman–Crippen MR) is 151 cm³/mol. The van der Waals surface area contributed by atoms with Crippen molar-refractivity contribution in [1.82, 2.24) is 20.3 Å². The number of aromatic amines is 1. The molecule has 9 heteroatoms. The third-order valence-electron chi connectivity index (χ3n) is 7.24. The zero-order valence-electron chi connectivity index (χ0n) is 21.3. The molecule has 4 heterocycles. The van der Waals surface area contributed by atoms with E-state index >= 15 is 0 Å². The lowest BCUT2D eigenvalue weighted by Crippen LogP contribution is -2.30. The summed E-state index contributed by atoms with van der Waals surface area (Å²) in [5.41, 5.74) is 14.2. The lowest BCUT2D eigenvalue weighted by atomic mass is 9.94. The van der Waals surface area contributed by atoms with Gasteiger partial charge in [-0.3, -0.25) is 14.8 Å². The topological polar surface area (TPSA) is 133 Å². The van der Waals surface area contributed by atoms with Crippen molar-refractivity contribution < 1.29 is 4.79 Å². The molecule has 38 heavy (non-hydrogen) atoms. The van der Waals surface area contributed by atoms with Crippen molar-refractivity contribution in [2.45, 2.75) is 25.7 Å². The minimum absolute atomic E-state index is 0.0403. The number of hydrogen-bond acceptors (Lipinski definition) is 7. The Balaban J connectivity index is 1.27. The van der Waals surface area contributed by atoms with Crippen LogP contribution in [0.15, 0.2) is 59.5 Å². The molecule has 1 fully saturated rings. The molecule has 3 aliphatic rings. The number of amides is 1. The van der Waals surface area contributed by atoms with E-state index in [4.69, 9.17) is 15.7 Å². The third kappa shape index (κ3) is 5.24. The van der Waals surface area contributed by atoms with E-state index in [1.165, 1.54) is 0 Å². The van der Waals surface area contributed by atoms with Gasteiger partial charge in [0.25, 0.3) is 0 Å². The van der Waals surface area contributed by atoms with Gasteiger partial charge in [-0.25, -0.2) is 4.98 Å². The van der Waals surface area contributed by atoms with E-state index in [0.29, 0.717) is 31.0 Å². The molecule has 1 saturated heterocycles. The molecule has 6 rings (SSSR count). The largest absolute Gasteiger partial charge is 0.402 e. The Hall–Kier alpha value is -4.24. The van der Waals surface area contributed by atoms with Gasteiger partial charge in [-0.15, -0.1) is 0 Å². The highest BCUT2D eigenvalue weighted by Crippen LogP contribution is 2.30. The molecule has 6 N–H and O–H groups in total. The molecule has 2 aliphatic heterocycles. The van der Waals surface area contributed by atoms with Crippen LogP contribution in [0.2, 0.25) is 0 Å². The fourth-order valence-corrected chi connectivity index (χ4v) is 5.28. The van der Waals surface area contributed by atoms with Gasteiger partial charge in [0.1, 0.15) is 5.71 Å². The highest BCUT2D eigenvalue weighted by molar-refractivity contribution is 6.15. The fourth-order valence-electron chi connectivity index (χ4n) is 5.28. The number of allylic oxidation sites excluding steroid dienone is 3. The Labute approximate surface area is 221 Å². The van der Waals surface area contributed by atoms with Gasteiger partial charge in [0.2, 0.25) is 5.91 Å². The molecule has 0 saturated carbocycles. The smallest absolute Gasteiger partial charge is 0.224 e. The number of aromatic nitrogens is 3. The Morgan fingerprint density at radius 2 is 2.00 bits per heavy atom. The lowest BCUT2D eigenvalue weighted by molar-refractivity contribution is -0.117. The van der Waals surface area contributed by atoms with Crippen LogP contribution >= 0.6 is 0 Å². The van der Waals surface area contributed by atoms with Crippen LogP contribution in [0.25, 0.3) is 17.2 Å². The molecule has 1 aliphatic carbocycles. The molecular weight excluding hydrogens is 476 g/mol. The van der Waals surface area contributed by atoms with Crippen molar-refractivity contribution >= 4 is 29.1 Å². The number of piperidine rings is 1. The summed E-state index contributed by atoms with van der Waals surface area (Å²) in [6.07, 6.45) is 12.6. The molecule has 0 bridgehead atoms. The van der Waals surface area contributed by atoms with E-state index in [-0.39, 0.29) is 5.91 Å². The van der Waals surface area contributed by atoms with Crippen LogP contribution in [0.1, 0.15) is 42.0 Å². The van der Waals surface area contributed by atoms with Crippen molar-refractivity contribution in [3.05, 3.63) is 77.3 Å². The molecular formula is C29H32N8O. The lowest BCUT2D eigenvalue weighted by Gasteiger charge is -2.21. The SMILES string of the molecule is NC1=CC=Cc2nc(C3=NCCNc4ccc(-c5cncc(NC(=O)CC6CCNCC6)c5)cc43)[nH]c2C1. The van der Waals surface area contributed by atoms with Gasteiger partial charge in [0.15, 0.2) is 5.82 Å². The summed E-state index contributed by atoms with van der Waals surface area (Å²) in [5, 5.41) is 9.88. The van der Waals surface area contributed by atoms with Crippen LogP contribution in [0, 0.1) is 5.92 Å². The number of aliphatic imine (C=N–C) groups is 1. The number of benzodiazepines with no additional fused rings is 1. The van der Waals surface area contributed by atoms with Gasteiger partial charge in [0, 0.05) is 53.8 Å². The van der Waals surface area contributed by atoms with Crippen LogP contribution in [0.5, 0.6) is 0 Å². The molecule has 1 amide bonds. The van der Waals surface area contributed by atoms with Gasteiger partial charge in [-0.2, -0.15) is 0 Å². The van der Waals surface area contributed by atoms with Crippen molar-refractivity contribution in [2.24, 2.45) is 16.6 Å². The van der Waals surface area contributed by atoms with E-state index in [1.807, 2.05) is 30.5 Å². The van der Waals surface area contributed by atoms with Crippen LogP contribution in [-0.4, -0.2) is 52.7 Å². The molecule has 0 unspecified atom stereocenters. The third-order valence-corrected chi connectivity index (χ3v) is 7.24. The zero-order chi connectivity index (χ0) is 25.9. The summed E-state index contributed by atoms with van der Waals surface area (Å²) in [6.45, 7) is 3.35. The van der Waals surface area contributed by atoms with Gasteiger partial charge in [-0.1, -0.05) is 12.1 Å². The average molecular weight is 509 g/mol. The normalized spacial score (nSPS) is 17.3. The second-order valence-corrected chi connectivity index (χ2v) is 10.1. The second kappa shape index (κ2) is 10.6. The maximum atomic E-state index is 12.7. The van der Waals surface area contributed by atoms with E-state index in [9.17, 15) is 4.79 Å². The number of carbonyl (C=O) groups excluding carboxylic acids is 1. The highest BCUT2D eigenvalue weighted by Gasteiger charge is 2.21.